The van der Waals surface area contributed by atoms with E-state index in [0.717, 1.165) is 6.42 Å². The van der Waals surface area contributed by atoms with Gasteiger partial charge in [-0.3, -0.25) is 0 Å². The summed E-state index contributed by atoms with van der Waals surface area (Å²) in [6.45, 7) is 10.4. The standard InChI is InChI=1S/C5H5.3C4H10N.C2H7Ge.Zr/c1-2-4-5-3-1;3*1-2-3-4-5;1-3-2;/h1-3H,4H2;3*5H,2-4H2,1H3;3H,1-2H3;/q;3*-1;;+3. The molecule has 0 aromatic rings. The average molecular weight is 476 g/mol. The molecular formula is C19H42GeN3Zr. The molecule has 0 bridgehead atoms. The molecule has 1 aliphatic carbocycles. The Kier molecular flexibility index (Phi) is 10.9. The SMILES string of the molecule is CCCC[NH][Zr]([NH]CCCC)([NH]CCCC)([C]1=CC=CC1)[GeH]([CH3])[CH3]. The van der Waals surface area contributed by atoms with Gasteiger partial charge >= 0.3 is 156 Å². The van der Waals surface area contributed by atoms with Crippen molar-refractivity contribution in [3.05, 3.63) is 21.5 Å². The molecule has 0 unspecified atom stereocenters. The maximum atomic E-state index is 4.27. The summed E-state index contributed by atoms with van der Waals surface area (Å²) in [7, 11) is -1.52. The minimum atomic E-state index is -3.49. The van der Waals surface area contributed by atoms with Crippen LogP contribution in [0.5, 0.6) is 0 Å². The van der Waals surface area contributed by atoms with Gasteiger partial charge in [-0.15, -0.1) is 0 Å². The van der Waals surface area contributed by atoms with Crippen LogP contribution in [0.25, 0.3) is 0 Å². The van der Waals surface area contributed by atoms with Crippen molar-refractivity contribution in [2.24, 2.45) is 0 Å². The van der Waals surface area contributed by atoms with Crippen molar-refractivity contribution in [1.82, 2.24) is 9.78 Å². The Morgan fingerprint density at radius 1 is 0.875 bits per heavy atom. The molecule has 1 rings (SSSR count). The predicted molar refractivity (Wildman–Crippen MR) is 109 cm³/mol. The summed E-state index contributed by atoms with van der Waals surface area (Å²) in [5.74, 6) is 5.24. The number of hydrogen-bond acceptors (Lipinski definition) is 3. The summed E-state index contributed by atoms with van der Waals surface area (Å²) in [5.41, 5.74) is 0. The first kappa shape index (κ1) is 22.8. The van der Waals surface area contributed by atoms with Gasteiger partial charge in [0.25, 0.3) is 0 Å². The van der Waals surface area contributed by atoms with Crippen molar-refractivity contribution in [3.63, 3.8) is 0 Å². The van der Waals surface area contributed by atoms with E-state index >= 15 is 0 Å². The van der Waals surface area contributed by atoms with Crippen LogP contribution in [0, 0.1) is 0 Å². The minimum absolute atomic E-state index is 1.16. The molecule has 0 fully saturated rings. The zero-order valence-corrected chi connectivity index (χ0v) is 21.8. The Labute approximate surface area is 155 Å². The van der Waals surface area contributed by atoms with Gasteiger partial charge in [-0.2, -0.15) is 0 Å². The molecular weight excluding hydrogens is 434 g/mol. The van der Waals surface area contributed by atoms with Gasteiger partial charge in [0.05, 0.1) is 0 Å². The number of unbranched alkanes of at least 4 members (excludes halogenated alkanes) is 3. The van der Waals surface area contributed by atoms with Gasteiger partial charge < -0.3 is 0 Å². The van der Waals surface area contributed by atoms with Crippen molar-refractivity contribution < 1.29 is 17.1 Å². The second-order valence-electron chi connectivity index (χ2n) is 7.65. The van der Waals surface area contributed by atoms with E-state index in [-0.39, 0.29) is 0 Å². The van der Waals surface area contributed by atoms with Gasteiger partial charge in [0.1, 0.15) is 0 Å². The summed E-state index contributed by atoms with van der Waals surface area (Å²) in [6.07, 6.45) is 15.9. The molecule has 0 saturated carbocycles. The van der Waals surface area contributed by atoms with Crippen LogP contribution in [0.4, 0.5) is 0 Å². The van der Waals surface area contributed by atoms with Crippen molar-refractivity contribution >= 4 is 10.6 Å². The molecule has 0 saturated heterocycles. The number of nitrogens with one attached hydrogen (secondary N) is 3. The normalized spacial score (nSPS) is 16.4. The van der Waals surface area contributed by atoms with Gasteiger partial charge in [0, 0.05) is 0 Å². The molecule has 0 atom stereocenters. The van der Waals surface area contributed by atoms with Crippen molar-refractivity contribution in [3.8, 4) is 0 Å². The summed E-state index contributed by atoms with van der Waals surface area (Å²) in [4.78, 5) is 0. The molecule has 3 nitrogen and oxygen atoms in total. The fourth-order valence-corrected chi connectivity index (χ4v) is 51.3. The van der Waals surface area contributed by atoms with Crippen LogP contribution in [0.3, 0.4) is 0 Å². The molecule has 0 heterocycles. The fraction of sp³-hybridized carbons (Fsp3) is 0.789. The third kappa shape index (κ3) is 5.39. The average Bonchev–Trinajstić information content (AvgIpc) is 3.10. The van der Waals surface area contributed by atoms with E-state index in [1.165, 1.54) is 58.2 Å². The molecule has 3 N–H and O–H groups in total. The van der Waals surface area contributed by atoms with E-state index in [0.29, 0.717) is 0 Å². The van der Waals surface area contributed by atoms with Crippen LogP contribution in [0.2, 0.25) is 11.5 Å². The van der Waals surface area contributed by atoms with Gasteiger partial charge in [-0.1, -0.05) is 0 Å². The van der Waals surface area contributed by atoms with Crippen LogP contribution in [0.15, 0.2) is 21.5 Å². The molecule has 0 aliphatic heterocycles. The molecule has 0 aromatic carbocycles. The van der Waals surface area contributed by atoms with Crippen LogP contribution in [-0.4, -0.2) is 30.2 Å². The van der Waals surface area contributed by atoms with Crippen molar-refractivity contribution in [1.29, 1.82) is 0 Å². The first-order chi connectivity index (χ1) is 11.6. The summed E-state index contributed by atoms with van der Waals surface area (Å²) in [6, 6.07) is 0. The summed E-state index contributed by atoms with van der Waals surface area (Å²) in [5, 5.41) is 0. The molecule has 0 aromatic heterocycles. The van der Waals surface area contributed by atoms with E-state index in [2.05, 4.69) is 60.3 Å². The Morgan fingerprint density at radius 3 is 1.62 bits per heavy atom. The Balaban J connectivity index is 3.20. The molecule has 24 heavy (non-hydrogen) atoms. The summed E-state index contributed by atoms with van der Waals surface area (Å²) < 4.78 is 14.5. The molecule has 0 spiro atoms. The van der Waals surface area contributed by atoms with Crippen LogP contribution < -0.4 is 9.78 Å². The predicted octanol–water partition coefficient (Wildman–Crippen LogP) is 4.42. The monoisotopic (exact) mass is 476 g/mol. The van der Waals surface area contributed by atoms with Gasteiger partial charge in [0.2, 0.25) is 0 Å². The zero-order valence-electron chi connectivity index (χ0n) is 16.9. The second-order valence-corrected chi connectivity index (χ2v) is 52.3. The van der Waals surface area contributed by atoms with E-state index in [4.69, 9.17) is 0 Å². The first-order valence-electron chi connectivity index (χ1n) is 10.3. The van der Waals surface area contributed by atoms with E-state index in [1.54, 1.807) is 3.28 Å². The zero-order chi connectivity index (χ0) is 17.9. The van der Waals surface area contributed by atoms with E-state index in [1.807, 2.05) is 0 Å². The Hall–Kier alpha value is 0.786. The van der Waals surface area contributed by atoms with E-state index in [9.17, 15) is 0 Å². The van der Waals surface area contributed by atoms with Gasteiger partial charge in [0.15, 0.2) is 0 Å². The first-order valence-corrected chi connectivity index (χ1v) is 28.7. The molecule has 5 heteroatoms. The molecule has 1 aliphatic rings. The van der Waals surface area contributed by atoms with Crippen molar-refractivity contribution in [2.45, 2.75) is 77.2 Å². The quantitative estimate of drug-likeness (QED) is 0.257. The third-order valence-corrected chi connectivity index (χ3v) is 63.7. The number of hydrogen-bond donors (Lipinski definition) is 3. The second kappa shape index (κ2) is 11.5. The number of rotatable bonds is 14. The Morgan fingerprint density at radius 2 is 1.33 bits per heavy atom. The van der Waals surface area contributed by atoms with Crippen LogP contribution >= 0.6 is 0 Å². The third-order valence-electron chi connectivity index (χ3n) is 5.66. The van der Waals surface area contributed by atoms with Crippen molar-refractivity contribution in [2.75, 3.05) is 19.6 Å². The maximum absolute atomic E-state index is 4.27. The van der Waals surface area contributed by atoms with Gasteiger partial charge in [-0.05, 0) is 0 Å². The topological polar surface area (TPSA) is 36.1 Å². The van der Waals surface area contributed by atoms with Gasteiger partial charge in [-0.25, -0.2) is 0 Å². The number of allylic oxidation sites excluding steroid dienone is 4. The van der Waals surface area contributed by atoms with Crippen LogP contribution in [-0.2, 0) is 17.1 Å². The molecule has 0 radical (unpaired) electrons. The summed E-state index contributed by atoms with van der Waals surface area (Å²) >= 11 is -3.49. The Bertz CT molecular complexity index is 392. The molecule has 141 valence electrons. The van der Waals surface area contributed by atoms with E-state index < -0.39 is 27.7 Å². The molecule has 0 amide bonds. The fourth-order valence-electron chi connectivity index (χ4n) is 3.92. The van der Waals surface area contributed by atoms with Crippen LogP contribution in [0.1, 0.15) is 65.7 Å².